The summed E-state index contributed by atoms with van der Waals surface area (Å²) in [7, 11) is 0. The average molecular weight is 602 g/mol. The minimum absolute atomic E-state index is 0.0859. The van der Waals surface area contributed by atoms with E-state index in [0.717, 1.165) is 38.4 Å². The molecule has 0 radical (unpaired) electrons. The normalized spacial score (nSPS) is 27.0. The molecule has 2 saturated heterocycles. The predicted octanol–water partition coefficient (Wildman–Crippen LogP) is 4.54. The van der Waals surface area contributed by atoms with Crippen LogP contribution in [-0.4, -0.2) is 63.9 Å². The zero-order valence-electron chi connectivity index (χ0n) is 24.2. The van der Waals surface area contributed by atoms with Gasteiger partial charge >= 0.3 is 12.2 Å². The molecule has 5 heterocycles. The first-order valence-corrected chi connectivity index (χ1v) is 14.6. The van der Waals surface area contributed by atoms with Crippen LogP contribution in [0.4, 0.5) is 29.1 Å². The van der Waals surface area contributed by atoms with Crippen molar-refractivity contribution in [2.75, 3.05) is 43.4 Å². The van der Waals surface area contributed by atoms with Gasteiger partial charge in [-0.25, -0.2) is 4.39 Å². The van der Waals surface area contributed by atoms with Gasteiger partial charge in [0.1, 0.15) is 12.4 Å². The van der Waals surface area contributed by atoms with Gasteiger partial charge in [0.15, 0.2) is 5.82 Å². The van der Waals surface area contributed by atoms with E-state index in [-0.39, 0.29) is 24.6 Å². The molecule has 1 aromatic carbocycles. The first-order chi connectivity index (χ1) is 20.4. The van der Waals surface area contributed by atoms with Gasteiger partial charge in [0.05, 0.1) is 40.8 Å². The second-order valence-corrected chi connectivity index (χ2v) is 12.1. The van der Waals surface area contributed by atoms with Gasteiger partial charge in [-0.1, -0.05) is 18.1 Å². The van der Waals surface area contributed by atoms with E-state index in [2.05, 4.69) is 33.9 Å². The Balaban J connectivity index is 1.40. The predicted molar refractivity (Wildman–Crippen MR) is 152 cm³/mol. The Kier molecular flexibility index (Phi) is 7.55. The summed E-state index contributed by atoms with van der Waals surface area (Å²) >= 11 is 0. The van der Waals surface area contributed by atoms with E-state index < -0.39 is 46.1 Å². The summed E-state index contributed by atoms with van der Waals surface area (Å²) in [6.07, 6.45) is 1.21. The Morgan fingerprint density at radius 2 is 2.02 bits per heavy atom. The summed E-state index contributed by atoms with van der Waals surface area (Å²) in [5.41, 5.74) is 2.88. The number of aromatic nitrogens is 2. The summed E-state index contributed by atoms with van der Waals surface area (Å²) in [4.78, 5) is 13.7. The van der Waals surface area contributed by atoms with Crippen LogP contribution in [0.5, 0.6) is 6.01 Å². The molecule has 230 valence electrons. The molecule has 3 N–H and O–H groups in total. The number of halogens is 4. The topological polar surface area (TPSA) is 97.0 Å². The van der Waals surface area contributed by atoms with Crippen molar-refractivity contribution < 1.29 is 32.1 Å². The first-order valence-electron chi connectivity index (χ1n) is 14.6. The number of anilines is 2. The average Bonchev–Trinajstić information content (AvgIpc) is 3.52. The van der Waals surface area contributed by atoms with E-state index in [4.69, 9.17) is 20.2 Å². The number of fused-ring (bicyclic) bond motifs is 2. The monoisotopic (exact) mass is 601 g/mol. The molecule has 0 unspecified atom stereocenters. The van der Waals surface area contributed by atoms with Crippen molar-refractivity contribution in [1.82, 2.24) is 14.9 Å². The fourth-order valence-corrected chi connectivity index (χ4v) is 6.90. The van der Waals surface area contributed by atoms with Crippen LogP contribution in [0.15, 0.2) is 18.2 Å². The van der Waals surface area contributed by atoms with Crippen molar-refractivity contribution in [2.45, 2.75) is 76.0 Å². The Bertz CT molecular complexity index is 1520. The van der Waals surface area contributed by atoms with Crippen LogP contribution in [0.3, 0.4) is 0 Å². The Morgan fingerprint density at radius 1 is 1.23 bits per heavy atom. The number of aliphatic hydroxyl groups is 1. The lowest BCUT2D eigenvalue weighted by atomic mass is 9.90. The molecule has 12 heteroatoms. The Hall–Kier alpha value is -3.40. The molecule has 4 aliphatic rings. The number of ether oxygens (including phenoxy) is 2. The fourth-order valence-electron chi connectivity index (χ4n) is 6.90. The highest BCUT2D eigenvalue weighted by Crippen LogP contribution is 2.45. The number of nitrogen functional groups attached to an aromatic ring is 1. The summed E-state index contributed by atoms with van der Waals surface area (Å²) in [5.74, 6) is 4.20. The van der Waals surface area contributed by atoms with Crippen LogP contribution in [0.25, 0.3) is 0 Å². The van der Waals surface area contributed by atoms with Gasteiger partial charge in [0, 0.05) is 42.7 Å². The van der Waals surface area contributed by atoms with Gasteiger partial charge in [-0.15, -0.1) is 5.92 Å². The number of nitrogens with zero attached hydrogens (tertiary/aromatic N) is 4. The van der Waals surface area contributed by atoms with Gasteiger partial charge in [0.2, 0.25) is 0 Å². The van der Waals surface area contributed by atoms with E-state index in [1.165, 1.54) is 6.92 Å². The summed E-state index contributed by atoms with van der Waals surface area (Å²) in [6, 6.07) is 0.995. The largest absolute Gasteiger partial charge is 0.461 e. The van der Waals surface area contributed by atoms with Crippen LogP contribution in [-0.2, 0) is 23.9 Å². The lowest BCUT2D eigenvalue weighted by Gasteiger charge is -2.39. The summed E-state index contributed by atoms with van der Waals surface area (Å²) in [6.45, 7) is 6.05. The quantitative estimate of drug-likeness (QED) is 0.223. The summed E-state index contributed by atoms with van der Waals surface area (Å²) in [5, 5.41) is 10.8. The third-order valence-electron chi connectivity index (χ3n) is 8.90. The number of β-amino-alcohol motifs (C(OH)–C–C–N with tert-alkyl or cyclic N) is 1. The second-order valence-electron chi connectivity index (χ2n) is 12.1. The molecular formula is C31H35F4N5O3. The molecular weight excluding hydrogens is 566 g/mol. The Labute approximate surface area is 247 Å². The number of piperidine rings is 1. The highest BCUT2D eigenvalue weighted by Gasteiger charge is 2.44. The number of benzene rings is 1. The van der Waals surface area contributed by atoms with Gasteiger partial charge in [-0.3, -0.25) is 4.90 Å². The maximum Gasteiger partial charge on any atom is 0.418 e. The number of rotatable bonds is 5. The minimum Gasteiger partial charge on any atom is -0.461 e. The van der Waals surface area contributed by atoms with E-state index in [0.29, 0.717) is 43.2 Å². The second kappa shape index (κ2) is 10.9. The number of hydrogen-bond acceptors (Lipinski definition) is 8. The van der Waals surface area contributed by atoms with Crippen molar-refractivity contribution in [3.05, 3.63) is 52.0 Å². The number of alkyl halides is 3. The van der Waals surface area contributed by atoms with Crippen LogP contribution < -0.4 is 15.4 Å². The molecule has 0 bridgehead atoms. The van der Waals surface area contributed by atoms with Gasteiger partial charge in [-0.05, 0) is 52.1 Å². The van der Waals surface area contributed by atoms with Crippen molar-refractivity contribution in [3.63, 3.8) is 0 Å². The van der Waals surface area contributed by atoms with E-state index in [9.17, 15) is 18.3 Å². The van der Waals surface area contributed by atoms with Gasteiger partial charge < -0.3 is 25.2 Å². The lowest BCUT2D eigenvalue weighted by molar-refractivity contribution is -0.140. The van der Waals surface area contributed by atoms with E-state index in [1.54, 1.807) is 6.92 Å². The first kappa shape index (κ1) is 29.7. The molecule has 0 aliphatic carbocycles. The van der Waals surface area contributed by atoms with Crippen LogP contribution >= 0.6 is 0 Å². The molecule has 3 atom stereocenters. The molecule has 1 aromatic heterocycles. The fraction of sp³-hybridized carbons (Fsp3) is 0.548. The van der Waals surface area contributed by atoms with E-state index >= 15 is 4.39 Å². The highest BCUT2D eigenvalue weighted by atomic mass is 19.4. The third-order valence-corrected chi connectivity index (χ3v) is 8.90. The van der Waals surface area contributed by atoms with Gasteiger partial charge in [0.25, 0.3) is 0 Å². The van der Waals surface area contributed by atoms with Gasteiger partial charge in [-0.2, -0.15) is 23.1 Å². The lowest BCUT2D eigenvalue weighted by Crippen LogP contribution is -2.47. The summed E-state index contributed by atoms with van der Waals surface area (Å²) < 4.78 is 70.8. The smallest absolute Gasteiger partial charge is 0.418 e. The van der Waals surface area contributed by atoms with Crippen molar-refractivity contribution >= 4 is 11.5 Å². The molecule has 2 aromatic rings. The molecule has 0 saturated carbocycles. The molecule has 8 nitrogen and oxygen atoms in total. The minimum atomic E-state index is -4.90. The zero-order chi connectivity index (χ0) is 30.6. The highest BCUT2D eigenvalue weighted by molar-refractivity contribution is 5.59. The molecule has 0 amide bonds. The van der Waals surface area contributed by atoms with Crippen LogP contribution in [0, 0.1) is 17.7 Å². The Morgan fingerprint density at radius 3 is 2.77 bits per heavy atom. The molecule has 43 heavy (non-hydrogen) atoms. The van der Waals surface area contributed by atoms with Crippen LogP contribution in [0.1, 0.15) is 73.6 Å². The molecule has 4 aliphatic heterocycles. The third kappa shape index (κ3) is 5.54. The molecule has 6 rings (SSSR count). The maximum atomic E-state index is 15.5. The molecule has 0 spiro atoms. The zero-order valence-corrected chi connectivity index (χ0v) is 24.2. The van der Waals surface area contributed by atoms with Crippen molar-refractivity contribution in [2.24, 2.45) is 0 Å². The SMILES string of the molecule is CC#Cc1cc(N)c(F)c([C@H]2Cc3nc(OC[C@]45C=CCN4CCC5)nc(N4CCC[C@@](C)(O)C4)c3CO2)c1C(F)(F)F. The van der Waals surface area contributed by atoms with E-state index in [1.807, 2.05) is 4.90 Å². The number of nitrogens with two attached hydrogens (primary N) is 1. The standard InChI is InChI=1S/C31H35F4N5O3/c1-3-7-19-14-21(36)26(32)24(25(19)31(33,34)35)23-15-22-20(16-42-23)27(39-11-4-8-29(2,41)17-39)38-28(37-22)43-18-30-9-5-12-40(30)13-6-10-30/h5,9,14,23,41H,4,6,8,10-13,15-18,36H2,1-2H3/t23-,29-,30-/m1/s1. The molecule has 2 fully saturated rings. The van der Waals surface area contributed by atoms with Crippen LogP contribution in [0.2, 0.25) is 0 Å². The van der Waals surface area contributed by atoms with Crippen molar-refractivity contribution in [3.8, 4) is 17.9 Å². The number of hydrogen-bond donors (Lipinski definition) is 2. The maximum absolute atomic E-state index is 15.5. The van der Waals surface area contributed by atoms with Crippen molar-refractivity contribution in [1.29, 1.82) is 0 Å².